The average Bonchev–Trinajstić information content (AvgIpc) is 3.28. The van der Waals surface area contributed by atoms with Crippen LogP contribution in [0.4, 0.5) is 5.69 Å². The van der Waals surface area contributed by atoms with Gasteiger partial charge in [-0.25, -0.2) is 4.98 Å². The minimum Gasteiger partial charge on any atom is -0.484 e. The van der Waals surface area contributed by atoms with E-state index in [0.717, 1.165) is 21.9 Å². The van der Waals surface area contributed by atoms with E-state index in [9.17, 15) is 4.79 Å². The minimum atomic E-state index is -0.201. The van der Waals surface area contributed by atoms with Crippen LogP contribution in [0.25, 0.3) is 16.2 Å². The molecule has 29 heavy (non-hydrogen) atoms. The largest absolute Gasteiger partial charge is 0.484 e. The Morgan fingerprint density at radius 2 is 1.97 bits per heavy atom. The van der Waals surface area contributed by atoms with Crippen LogP contribution in [0.3, 0.4) is 0 Å². The average molecular weight is 406 g/mol. The fourth-order valence-corrected chi connectivity index (χ4v) is 3.72. The number of imidazole rings is 1. The first-order valence-corrected chi connectivity index (χ1v) is 10.3. The molecule has 6 heteroatoms. The van der Waals surface area contributed by atoms with Gasteiger partial charge in [0.2, 0.25) is 0 Å². The summed E-state index contributed by atoms with van der Waals surface area (Å²) in [5.41, 5.74) is 3.87. The van der Waals surface area contributed by atoms with Crippen molar-refractivity contribution in [3.05, 3.63) is 71.9 Å². The number of amides is 1. The third-order valence-electron chi connectivity index (χ3n) is 4.63. The van der Waals surface area contributed by atoms with Gasteiger partial charge in [0.15, 0.2) is 11.6 Å². The van der Waals surface area contributed by atoms with Gasteiger partial charge in [0.1, 0.15) is 5.75 Å². The number of rotatable bonds is 5. The molecule has 0 fully saturated rings. The summed E-state index contributed by atoms with van der Waals surface area (Å²) in [6, 6.07) is 15.5. The monoisotopic (exact) mass is 405 g/mol. The molecule has 0 aliphatic carbocycles. The molecule has 0 spiro atoms. The number of anilines is 1. The second-order valence-electron chi connectivity index (χ2n) is 7.91. The number of aromatic nitrogens is 2. The maximum atomic E-state index is 12.3. The molecule has 0 radical (unpaired) electrons. The number of carbonyl (C=O) groups is 1. The van der Waals surface area contributed by atoms with Gasteiger partial charge in [0.25, 0.3) is 5.91 Å². The van der Waals surface area contributed by atoms with Crippen molar-refractivity contribution in [3.8, 4) is 17.0 Å². The van der Waals surface area contributed by atoms with Gasteiger partial charge in [0.05, 0.1) is 5.69 Å². The molecule has 0 atom stereocenters. The van der Waals surface area contributed by atoms with E-state index in [1.165, 1.54) is 5.56 Å². The number of hydrogen-bond donors (Lipinski definition) is 1. The van der Waals surface area contributed by atoms with Crippen molar-refractivity contribution < 1.29 is 9.53 Å². The molecule has 0 aliphatic rings. The highest BCUT2D eigenvalue weighted by Crippen LogP contribution is 2.25. The van der Waals surface area contributed by atoms with Crippen molar-refractivity contribution in [2.75, 3.05) is 11.9 Å². The summed E-state index contributed by atoms with van der Waals surface area (Å²) in [4.78, 5) is 17.9. The van der Waals surface area contributed by atoms with Gasteiger partial charge < -0.3 is 10.1 Å². The van der Waals surface area contributed by atoms with Gasteiger partial charge in [-0.05, 0) is 35.2 Å². The molecule has 0 unspecified atom stereocenters. The second-order valence-corrected chi connectivity index (χ2v) is 8.78. The van der Waals surface area contributed by atoms with E-state index in [2.05, 4.69) is 31.1 Å². The lowest BCUT2D eigenvalue weighted by Crippen LogP contribution is -2.20. The van der Waals surface area contributed by atoms with Crippen molar-refractivity contribution in [2.24, 2.45) is 0 Å². The predicted octanol–water partition coefficient (Wildman–Crippen LogP) is 5.38. The van der Waals surface area contributed by atoms with Gasteiger partial charge in [0, 0.05) is 29.0 Å². The number of nitrogens with zero attached hydrogens (tertiary/aromatic N) is 2. The van der Waals surface area contributed by atoms with E-state index in [1.54, 1.807) is 11.3 Å². The molecule has 1 N–H and O–H groups in total. The first kappa shape index (κ1) is 19.2. The Balaban J connectivity index is 1.38. The van der Waals surface area contributed by atoms with Crippen LogP contribution in [-0.4, -0.2) is 21.9 Å². The van der Waals surface area contributed by atoms with Crippen LogP contribution in [0.15, 0.2) is 66.3 Å². The SMILES string of the molecule is CC(C)(C)c1ccc(OCC(=O)Nc2cccc(-c3cn4ccsc4n3)c2)cc1. The van der Waals surface area contributed by atoms with Crippen LogP contribution in [0.2, 0.25) is 0 Å². The first-order chi connectivity index (χ1) is 13.9. The summed E-state index contributed by atoms with van der Waals surface area (Å²) in [5.74, 6) is 0.479. The van der Waals surface area contributed by atoms with Crippen LogP contribution in [-0.2, 0) is 10.2 Å². The second kappa shape index (κ2) is 7.72. The number of fused-ring (bicyclic) bond motifs is 1. The predicted molar refractivity (Wildman–Crippen MR) is 118 cm³/mol. The summed E-state index contributed by atoms with van der Waals surface area (Å²) in [6.45, 7) is 6.45. The molecule has 0 saturated carbocycles. The van der Waals surface area contributed by atoms with Gasteiger partial charge in [-0.1, -0.05) is 45.0 Å². The first-order valence-electron chi connectivity index (χ1n) is 9.44. The van der Waals surface area contributed by atoms with Crippen LogP contribution < -0.4 is 10.1 Å². The molecule has 2 aromatic carbocycles. The standard InChI is InChI=1S/C23H23N3O2S/c1-23(2,3)17-7-9-19(10-8-17)28-15-21(27)24-18-6-4-5-16(13-18)20-14-26-11-12-29-22(26)25-20/h4-14H,15H2,1-3H3,(H,24,27). The molecule has 4 rings (SSSR count). The summed E-state index contributed by atoms with van der Waals surface area (Å²) in [6.07, 6.45) is 3.96. The Bertz CT molecular complexity index is 1110. The zero-order valence-electron chi connectivity index (χ0n) is 16.7. The molecule has 0 bridgehead atoms. The van der Waals surface area contributed by atoms with Gasteiger partial charge in [-0.2, -0.15) is 0 Å². The number of benzene rings is 2. The third kappa shape index (κ3) is 4.49. The van der Waals surface area contributed by atoms with E-state index < -0.39 is 0 Å². The smallest absolute Gasteiger partial charge is 0.262 e. The van der Waals surface area contributed by atoms with E-state index in [0.29, 0.717) is 5.75 Å². The number of ether oxygens (including phenoxy) is 1. The van der Waals surface area contributed by atoms with Crippen molar-refractivity contribution >= 4 is 27.9 Å². The summed E-state index contributed by atoms with van der Waals surface area (Å²) in [5, 5.41) is 4.89. The van der Waals surface area contributed by atoms with E-state index in [4.69, 9.17) is 4.74 Å². The molecule has 1 amide bonds. The molecule has 5 nitrogen and oxygen atoms in total. The number of thiazole rings is 1. The lowest BCUT2D eigenvalue weighted by atomic mass is 9.87. The molecular formula is C23H23N3O2S. The van der Waals surface area contributed by atoms with Gasteiger partial charge >= 0.3 is 0 Å². The Morgan fingerprint density at radius 3 is 2.69 bits per heavy atom. The lowest BCUT2D eigenvalue weighted by molar-refractivity contribution is -0.118. The van der Waals surface area contributed by atoms with E-state index >= 15 is 0 Å². The van der Waals surface area contributed by atoms with Gasteiger partial charge in [-0.15, -0.1) is 11.3 Å². The Morgan fingerprint density at radius 1 is 1.17 bits per heavy atom. The Kier molecular flexibility index (Phi) is 5.11. The molecule has 148 valence electrons. The van der Waals surface area contributed by atoms with Crippen molar-refractivity contribution in [3.63, 3.8) is 0 Å². The van der Waals surface area contributed by atoms with Crippen LogP contribution in [0.1, 0.15) is 26.3 Å². The molecule has 2 heterocycles. The maximum Gasteiger partial charge on any atom is 0.262 e. The highest BCUT2D eigenvalue weighted by atomic mass is 32.1. The highest BCUT2D eigenvalue weighted by Gasteiger charge is 2.13. The lowest BCUT2D eigenvalue weighted by Gasteiger charge is -2.19. The van der Waals surface area contributed by atoms with E-state index in [-0.39, 0.29) is 17.9 Å². The molecule has 0 saturated heterocycles. The number of carbonyl (C=O) groups excluding carboxylic acids is 1. The zero-order chi connectivity index (χ0) is 20.4. The van der Waals surface area contributed by atoms with Crippen molar-refractivity contribution in [1.29, 1.82) is 0 Å². The minimum absolute atomic E-state index is 0.0424. The van der Waals surface area contributed by atoms with Gasteiger partial charge in [-0.3, -0.25) is 9.20 Å². The Hall–Kier alpha value is -3.12. The fraction of sp³-hybridized carbons (Fsp3) is 0.217. The topological polar surface area (TPSA) is 55.6 Å². The molecular weight excluding hydrogens is 382 g/mol. The third-order valence-corrected chi connectivity index (χ3v) is 5.40. The fourth-order valence-electron chi connectivity index (χ4n) is 3.02. The van der Waals surface area contributed by atoms with Crippen LogP contribution in [0.5, 0.6) is 5.75 Å². The summed E-state index contributed by atoms with van der Waals surface area (Å²) in [7, 11) is 0. The number of hydrogen-bond acceptors (Lipinski definition) is 4. The molecule has 4 aromatic rings. The highest BCUT2D eigenvalue weighted by molar-refractivity contribution is 7.15. The summed E-state index contributed by atoms with van der Waals surface area (Å²) < 4.78 is 7.62. The molecule has 2 aromatic heterocycles. The Labute approximate surface area is 174 Å². The quantitative estimate of drug-likeness (QED) is 0.485. The molecule has 0 aliphatic heterocycles. The number of nitrogens with one attached hydrogen (secondary N) is 1. The van der Waals surface area contributed by atoms with Crippen molar-refractivity contribution in [1.82, 2.24) is 9.38 Å². The van der Waals surface area contributed by atoms with Crippen molar-refractivity contribution in [2.45, 2.75) is 26.2 Å². The normalized spacial score (nSPS) is 11.6. The zero-order valence-corrected chi connectivity index (χ0v) is 17.5. The van der Waals surface area contributed by atoms with Crippen LogP contribution in [0, 0.1) is 0 Å². The summed E-state index contributed by atoms with van der Waals surface area (Å²) >= 11 is 1.59. The van der Waals surface area contributed by atoms with Crippen LogP contribution >= 0.6 is 11.3 Å². The maximum absolute atomic E-state index is 12.3. The van der Waals surface area contributed by atoms with E-state index in [1.807, 2.05) is 70.7 Å².